The van der Waals surface area contributed by atoms with E-state index in [4.69, 9.17) is 4.74 Å². The fourth-order valence-electron chi connectivity index (χ4n) is 5.91. The molecule has 2 saturated carbocycles. The van der Waals surface area contributed by atoms with E-state index in [2.05, 4.69) is 13.0 Å². The van der Waals surface area contributed by atoms with Gasteiger partial charge in [0.25, 0.3) is 0 Å². The van der Waals surface area contributed by atoms with Crippen LogP contribution in [0.5, 0.6) is 5.75 Å². The fourth-order valence-corrected chi connectivity index (χ4v) is 5.91. The van der Waals surface area contributed by atoms with E-state index >= 15 is 0 Å². The topological polar surface area (TPSA) is 29.5 Å². The summed E-state index contributed by atoms with van der Waals surface area (Å²) in [7, 11) is 1.89. The Kier molecular flexibility index (Phi) is 3.08. The Bertz CT molecular complexity index is 552. The average Bonchev–Trinajstić information content (AvgIpc) is 2.83. The molecule has 0 unspecified atom stereocenters. The highest BCUT2D eigenvalue weighted by molar-refractivity contribution is 5.40. The molecule has 1 N–H and O–H groups in total. The highest BCUT2D eigenvalue weighted by atomic mass is 16.5. The van der Waals surface area contributed by atoms with Gasteiger partial charge in [0, 0.05) is 7.11 Å². The molecule has 0 saturated heterocycles. The molecule has 2 fully saturated rings. The van der Waals surface area contributed by atoms with E-state index in [0.29, 0.717) is 23.2 Å². The number of phenols is 1. The number of hydrogen-bond acceptors (Lipinski definition) is 2. The maximum atomic E-state index is 9.73. The van der Waals surface area contributed by atoms with Crippen molar-refractivity contribution in [2.45, 2.75) is 57.5 Å². The molecule has 5 atom stereocenters. The number of rotatable bonds is 1. The maximum Gasteiger partial charge on any atom is 0.115 e. The fraction of sp³-hybridized carbons (Fsp3) is 0.684. The lowest BCUT2D eigenvalue weighted by Crippen LogP contribution is -2.44. The number of aryl methyl sites for hydroxylation is 1. The minimum atomic E-state index is 0.393. The van der Waals surface area contributed by atoms with Gasteiger partial charge in [0.2, 0.25) is 0 Å². The molecular formula is C19H26O2. The van der Waals surface area contributed by atoms with Crippen LogP contribution in [0, 0.1) is 17.3 Å². The van der Waals surface area contributed by atoms with E-state index in [1.54, 1.807) is 0 Å². The van der Waals surface area contributed by atoms with E-state index in [9.17, 15) is 5.11 Å². The number of benzene rings is 1. The Morgan fingerprint density at radius 2 is 2.05 bits per heavy atom. The molecule has 0 bridgehead atoms. The molecular weight excluding hydrogens is 260 g/mol. The molecule has 0 radical (unpaired) electrons. The van der Waals surface area contributed by atoms with E-state index < -0.39 is 0 Å². The van der Waals surface area contributed by atoms with Gasteiger partial charge in [-0.3, -0.25) is 0 Å². The van der Waals surface area contributed by atoms with Crippen molar-refractivity contribution in [1.82, 2.24) is 0 Å². The zero-order valence-electron chi connectivity index (χ0n) is 13.1. The van der Waals surface area contributed by atoms with Crippen molar-refractivity contribution in [1.29, 1.82) is 0 Å². The summed E-state index contributed by atoms with van der Waals surface area (Å²) in [4.78, 5) is 0. The molecule has 0 aromatic heterocycles. The molecule has 0 aliphatic heterocycles. The summed E-state index contributed by atoms with van der Waals surface area (Å²) in [5.41, 5.74) is 3.30. The molecule has 1 aromatic carbocycles. The highest BCUT2D eigenvalue weighted by Crippen LogP contribution is 2.61. The zero-order chi connectivity index (χ0) is 14.6. The maximum absolute atomic E-state index is 9.73. The molecule has 114 valence electrons. The van der Waals surface area contributed by atoms with Crippen LogP contribution in [0.2, 0.25) is 0 Å². The van der Waals surface area contributed by atoms with Gasteiger partial charge in [0.1, 0.15) is 5.75 Å². The number of aromatic hydroxyl groups is 1. The first kappa shape index (κ1) is 13.6. The summed E-state index contributed by atoms with van der Waals surface area (Å²) in [5.74, 6) is 2.78. The molecule has 3 aliphatic rings. The van der Waals surface area contributed by atoms with Crippen LogP contribution in [0.25, 0.3) is 0 Å². The molecule has 0 heterocycles. The molecule has 21 heavy (non-hydrogen) atoms. The first-order chi connectivity index (χ1) is 10.1. The van der Waals surface area contributed by atoms with Gasteiger partial charge in [-0.25, -0.2) is 0 Å². The Morgan fingerprint density at radius 3 is 2.86 bits per heavy atom. The van der Waals surface area contributed by atoms with Crippen molar-refractivity contribution in [3.05, 3.63) is 29.3 Å². The van der Waals surface area contributed by atoms with Crippen LogP contribution in [-0.4, -0.2) is 18.3 Å². The van der Waals surface area contributed by atoms with Gasteiger partial charge in [-0.1, -0.05) is 13.0 Å². The number of ether oxygens (including phenoxy) is 1. The first-order valence-corrected chi connectivity index (χ1v) is 8.48. The summed E-state index contributed by atoms with van der Waals surface area (Å²) in [6.45, 7) is 2.47. The van der Waals surface area contributed by atoms with Crippen molar-refractivity contribution < 1.29 is 9.84 Å². The monoisotopic (exact) mass is 286 g/mol. The van der Waals surface area contributed by atoms with Crippen molar-refractivity contribution in [3.8, 4) is 5.75 Å². The minimum absolute atomic E-state index is 0.393. The van der Waals surface area contributed by atoms with E-state index in [0.717, 1.165) is 18.3 Å². The summed E-state index contributed by atoms with van der Waals surface area (Å²) < 4.78 is 5.82. The predicted molar refractivity (Wildman–Crippen MR) is 83.5 cm³/mol. The second-order valence-electron chi connectivity index (χ2n) is 7.64. The third kappa shape index (κ3) is 1.88. The number of fused-ring (bicyclic) bond motifs is 5. The molecule has 0 spiro atoms. The number of phenolic OH excluding ortho intramolecular Hbond substituents is 1. The summed E-state index contributed by atoms with van der Waals surface area (Å²) in [5, 5.41) is 9.73. The predicted octanol–water partition coefficient (Wildman–Crippen LogP) is 4.26. The van der Waals surface area contributed by atoms with Gasteiger partial charge >= 0.3 is 0 Å². The van der Waals surface area contributed by atoms with Gasteiger partial charge in [-0.05, 0) is 85.0 Å². The lowest BCUT2D eigenvalue weighted by molar-refractivity contribution is -0.0444. The van der Waals surface area contributed by atoms with E-state index in [1.807, 2.05) is 19.2 Å². The van der Waals surface area contributed by atoms with Gasteiger partial charge < -0.3 is 9.84 Å². The first-order valence-electron chi connectivity index (χ1n) is 8.48. The van der Waals surface area contributed by atoms with Crippen LogP contribution in [-0.2, 0) is 11.2 Å². The Balaban J connectivity index is 1.68. The lowest BCUT2D eigenvalue weighted by atomic mass is 9.55. The molecule has 4 rings (SSSR count). The number of hydrogen-bond donors (Lipinski definition) is 1. The van der Waals surface area contributed by atoms with Crippen LogP contribution in [0.4, 0.5) is 0 Å². The second kappa shape index (κ2) is 4.74. The Labute approximate surface area is 127 Å². The second-order valence-corrected chi connectivity index (χ2v) is 7.64. The number of methoxy groups -OCH3 is 1. The molecule has 3 aliphatic carbocycles. The molecule has 2 nitrogen and oxygen atoms in total. The molecule has 0 amide bonds. The summed E-state index contributed by atoms with van der Waals surface area (Å²) in [6, 6.07) is 6.06. The van der Waals surface area contributed by atoms with Crippen molar-refractivity contribution >= 4 is 0 Å². The molecule has 2 heteroatoms. The highest BCUT2D eigenvalue weighted by Gasteiger charge is 2.54. The summed E-state index contributed by atoms with van der Waals surface area (Å²) >= 11 is 0. The van der Waals surface area contributed by atoms with Crippen LogP contribution >= 0.6 is 0 Å². The largest absolute Gasteiger partial charge is 0.508 e. The van der Waals surface area contributed by atoms with Gasteiger partial charge in [-0.2, -0.15) is 0 Å². The van der Waals surface area contributed by atoms with E-state index in [1.165, 1.54) is 43.2 Å². The Hall–Kier alpha value is -1.02. The third-order valence-electron chi connectivity index (χ3n) is 6.91. The van der Waals surface area contributed by atoms with Crippen molar-refractivity contribution in [2.24, 2.45) is 17.3 Å². The van der Waals surface area contributed by atoms with Crippen LogP contribution in [0.1, 0.15) is 56.1 Å². The SMILES string of the molecule is CO[C@H]1CC[C@@H]2[C@@H]3CCc4cc(O)ccc4[C@@H]3CC[C@]12C. The van der Waals surface area contributed by atoms with Crippen LogP contribution in [0.3, 0.4) is 0 Å². The van der Waals surface area contributed by atoms with Crippen molar-refractivity contribution in [3.63, 3.8) is 0 Å². The van der Waals surface area contributed by atoms with Gasteiger partial charge in [-0.15, -0.1) is 0 Å². The van der Waals surface area contributed by atoms with Gasteiger partial charge in [0.15, 0.2) is 0 Å². The minimum Gasteiger partial charge on any atom is -0.508 e. The smallest absolute Gasteiger partial charge is 0.115 e. The van der Waals surface area contributed by atoms with Crippen LogP contribution < -0.4 is 0 Å². The Morgan fingerprint density at radius 1 is 1.19 bits per heavy atom. The standard InChI is InChI=1S/C19H26O2/c1-19-10-9-15-14-6-4-13(20)11-12(14)3-5-16(15)17(19)7-8-18(19)21-2/h4,6,11,15-18,20H,3,5,7-10H2,1-2H3/t15-,16+,17+,18-,19-/m0/s1. The average molecular weight is 286 g/mol. The summed E-state index contributed by atoms with van der Waals surface area (Å²) in [6.07, 6.45) is 8.04. The van der Waals surface area contributed by atoms with E-state index in [-0.39, 0.29) is 0 Å². The third-order valence-corrected chi connectivity index (χ3v) is 6.91. The molecule has 1 aromatic rings. The lowest BCUT2D eigenvalue weighted by Gasteiger charge is -2.50. The quantitative estimate of drug-likeness (QED) is 0.835. The van der Waals surface area contributed by atoms with Crippen LogP contribution in [0.15, 0.2) is 18.2 Å². The van der Waals surface area contributed by atoms with Gasteiger partial charge in [0.05, 0.1) is 6.10 Å². The zero-order valence-corrected chi connectivity index (χ0v) is 13.1. The normalized spacial score (nSPS) is 41.2. The van der Waals surface area contributed by atoms with Crippen molar-refractivity contribution in [2.75, 3.05) is 7.11 Å².